The summed E-state index contributed by atoms with van der Waals surface area (Å²) in [6, 6.07) is 15.3. The van der Waals surface area contributed by atoms with E-state index in [1.165, 1.54) is 0 Å². The summed E-state index contributed by atoms with van der Waals surface area (Å²) in [6.07, 6.45) is 2.95. The first-order chi connectivity index (χ1) is 13.0. The summed E-state index contributed by atoms with van der Waals surface area (Å²) in [5.74, 6) is 0.0385. The van der Waals surface area contributed by atoms with Crippen LogP contribution in [-0.2, 0) is 16.1 Å². The Hall–Kier alpha value is -2.33. The Morgan fingerprint density at radius 3 is 2.30 bits per heavy atom. The maximum Gasteiger partial charge on any atom is 0.227 e. The van der Waals surface area contributed by atoms with Gasteiger partial charge in [0, 0.05) is 29.1 Å². The van der Waals surface area contributed by atoms with E-state index in [-0.39, 0.29) is 23.7 Å². The number of hydrogen-bond acceptors (Lipinski definition) is 2. The lowest BCUT2D eigenvalue weighted by molar-refractivity contribution is -0.128. The van der Waals surface area contributed by atoms with E-state index in [4.69, 9.17) is 11.6 Å². The number of carbonyl (C=O) groups is 2. The van der Waals surface area contributed by atoms with Crippen molar-refractivity contribution in [2.45, 2.75) is 39.2 Å². The number of nitrogens with one attached hydrogen (secondary N) is 2. The molecule has 142 valence electrons. The quantitative estimate of drug-likeness (QED) is 0.784. The highest BCUT2D eigenvalue weighted by Gasteiger charge is 2.29. The molecule has 2 N–H and O–H groups in total. The van der Waals surface area contributed by atoms with Crippen LogP contribution in [0.4, 0.5) is 5.69 Å². The SMILES string of the molecule is Cc1cccc(NC(=O)C2CCC(C(=O)NCc3ccccc3Cl)CC2)c1. The highest BCUT2D eigenvalue weighted by molar-refractivity contribution is 6.31. The van der Waals surface area contributed by atoms with Gasteiger partial charge in [0.05, 0.1) is 0 Å². The second-order valence-corrected chi connectivity index (χ2v) is 7.62. The molecule has 1 aliphatic carbocycles. The van der Waals surface area contributed by atoms with E-state index in [2.05, 4.69) is 10.6 Å². The normalized spacial score (nSPS) is 19.3. The number of amides is 2. The highest BCUT2D eigenvalue weighted by Crippen LogP contribution is 2.30. The monoisotopic (exact) mass is 384 g/mol. The second kappa shape index (κ2) is 9.05. The zero-order valence-corrected chi connectivity index (χ0v) is 16.3. The van der Waals surface area contributed by atoms with Crippen LogP contribution >= 0.6 is 11.6 Å². The Balaban J connectivity index is 1.46. The fourth-order valence-corrected chi connectivity index (χ4v) is 3.76. The van der Waals surface area contributed by atoms with Gasteiger partial charge in [0.25, 0.3) is 0 Å². The average molecular weight is 385 g/mol. The summed E-state index contributed by atoms with van der Waals surface area (Å²) in [6.45, 7) is 2.44. The van der Waals surface area contributed by atoms with E-state index in [0.29, 0.717) is 11.6 Å². The van der Waals surface area contributed by atoms with Crippen LogP contribution in [0.2, 0.25) is 5.02 Å². The van der Waals surface area contributed by atoms with Crippen molar-refractivity contribution in [2.24, 2.45) is 11.8 Å². The van der Waals surface area contributed by atoms with E-state index in [1.807, 2.05) is 55.5 Å². The van der Waals surface area contributed by atoms with E-state index in [1.54, 1.807) is 0 Å². The van der Waals surface area contributed by atoms with Crippen molar-refractivity contribution in [1.82, 2.24) is 5.32 Å². The Morgan fingerprint density at radius 1 is 0.963 bits per heavy atom. The predicted molar refractivity (Wildman–Crippen MR) is 109 cm³/mol. The molecule has 0 saturated heterocycles. The summed E-state index contributed by atoms with van der Waals surface area (Å²) in [5, 5.41) is 6.63. The van der Waals surface area contributed by atoms with E-state index in [0.717, 1.165) is 42.5 Å². The lowest BCUT2D eigenvalue weighted by Crippen LogP contribution is -2.35. The maximum absolute atomic E-state index is 12.5. The van der Waals surface area contributed by atoms with Crippen LogP contribution in [0.25, 0.3) is 0 Å². The molecule has 0 radical (unpaired) electrons. The standard InChI is InChI=1S/C22H25ClN2O2/c1-15-5-4-7-19(13-15)25-22(27)17-11-9-16(10-12-17)21(26)24-14-18-6-2-3-8-20(18)23/h2-8,13,16-17H,9-12,14H2,1H3,(H,24,26)(H,25,27). The highest BCUT2D eigenvalue weighted by atomic mass is 35.5. The number of carbonyl (C=O) groups excluding carboxylic acids is 2. The van der Waals surface area contributed by atoms with Gasteiger partial charge in [-0.1, -0.05) is 41.9 Å². The van der Waals surface area contributed by atoms with Crippen LogP contribution in [0, 0.1) is 18.8 Å². The minimum absolute atomic E-state index is 0.0295. The number of hydrogen-bond donors (Lipinski definition) is 2. The average Bonchev–Trinajstić information content (AvgIpc) is 2.67. The van der Waals surface area contributed by atoms with Crippen molar-refractivity contribution < 1.29 is 9.59 Å². The molecule has 0 unspecified atom stereocenters. The largest absolute Gasteiger partial charge is 0.352 e. The smallest absolute Gasteiger partial charge is 0.227 e. The van der Waals surface area contributed by atoms with Crippen molar-refractivity contribution in [1.29, 1.82) is 0 Å². The van der Waals surface area contributed by atoms with Crippen LogP contribution in [0.5, 0.6) is 0 Å². The summed E-state index contributed by atoms with van der Waals surface area (Å²) in [7, 11) is 0. The first-order valence-corrected chi connectivity index (χ1v) is 9.79. The van der Waals surface area contributed by atoms with Crippen molar-refractivity contribution >= 4 is 29.1 Å². The summed E-state index contributed by atoms with van der Waals surface area (Å²) in [4.78, 5) is 24.9. The number of anilines is 1. The zero-order valence-electron chi connectivity index (χ0n) is 15.5. The van der Waals surface area contributed by atoms with Crippen LogP contribution in [0.1, 0.15) is 36.8 Å². The third kappa shape index (κ3) is 5.33. The summed E-state index contributed by atoms with van der Waals surface area (Å²) in [5.41, 5.74) is 2.87. The van der Waals surface area contributed by atoms with Crippen molar-refractivity contribution in [3.63, 3.8) is 0 Å². The minimum atomic E-state index is -0.0319. The molecule has 0 bridgehead atoms. The number of halogens is 1. The zero-order chi connectivity index (χ0) is 19.2. The predicted octanol–water partition coefficient (Wildman–Crippen LogP) is 4.71. The Bertz CT molecular complexity index is 813. The molecule has 3 rings (SSSR count). The van der Waals surface area contributed by atoms with Gasteiger partial charge in [-0.15, -0.1) is 0 Å². The molecule has 1 aliphatic rings. The van der Waals surface area contributed by atoms with Gasteiger partial charge >= 0.3 is 0 Å². The summed E-state index contributed by atoms with van der Waals surface area (Å²) < 4.78 is 0. The fourth-order valence-electron chi connectivity index (χ4n) is 3.55. The number of benzene rings is 2. The third-order valence-corrected chi connectivity index (χ3v) is 5.53. The molecular weight excluding hydrogens is 360 g/mol. The minimum Gasteiger partial charge on any atom is -0.352 e. The second-order valence-electron chi connectivity index (χ2n) is 7.22. The molecule has 5 heteroatoms. The van der Waals surface area contributed by atoms with Crippen molar-refractivity contribution in [2.75, 3.05) is 5.32 Å². The van der Waals surface area contributed by atoms with Gasteiger partial charge < -0.3 is 10.6 Å². The molecule has 1 fully saturated rings. The Kier molecular flexibility index (Phi) is 6.51. The molecule has 27 heavy (non-hydrogen) atoms. The molecule has 0 heterocycles. The fraction of sp³-hybridized carbons (Fsp3) is 0.364. The van der Waals surface area contributed by atoms with Gasteiger partial charge in [-0.2, -0.15) is 0 Å². The van der Waals surface area contributed by atoms with Gasteiger partial charge in [0.2, 0.25) is 11.8 Å². The molecule has 2 aromatic rings. The van der Waals surface area contributed by atoms with Crippen LogP contribution < -0.4 is 10.6 Å². The molecule has 0 atom stereocenters. The molecule has 0 aliphatic heterocycles. The summed E-state index contributed by atoms with van der Waals surface area (Å²) >= 11 is 6.13. The Morgan fingerprint density at radius 2 is 1.63 bits per heavy atom. The number of aryl methyl sites for hydroxylation is 1. The van der Waals surface area contributed by atoms with E-state index in [9.17, 15) is 9.59 Å². The third-order valence-electron chi connectivity index (χ3n) is 5.17. The maximum atomic E-state index is 12.5. The van der Waals surface area contributed by atoms with Gasteiger partial charge in [-0.05, 0) is 61.9 Å². The van der Waals surface area contributed by atoms with Gasteiger partial charge in [0.15, 0.2) is 0 Å². The van der Waals surface area contributed by atoms with Gasteiger partial charge in [-0.3, -0.25) is 9.59 Å². The van der Waals surface area contributed by atoms with Crippen molar-refractivity contribution in [3.8, 4) is 0 Å². The first kappa shape index (κ1) is 19.4. The van der Waals surface area contributed by atoms with Crippen LogP contribution in [-0.4, -0.2) is 11.8 Å². The van der Waals surface area contributed by atoms with Gasteiger partial charge in [-0.25, -0.2) is 0 Å². The van der Waals surface area contributed by atoms with Crippen LogP contribution in [0.15, 0.2) is 48.5 Å². The molecule has 2 amide bonds. The van der Waals surface area contributed by atoms with Crippen molar-refractivity contribution in [3.05, 3.63) is 64.7 Å². The first-order valence-electron chi connectivity index (χ1n) is 9.41. The Labute approximate surface area is 165 Å². The van der Waals surface area contributed by atoms with Gasteiger partial charge in [0.1, 0.15) is 0 Å². The molecule has 0 spiro atoms. The topological polar surface area (TPSA) is 58.2 Å². The van der Waals surface area contributed by atoms with Crippen LogP contribution in [0.3, 0.4) is 0 Å². The molecular formula is C22H25ClN2O2. The lowest BCUT2D eigenvalue weighted by Gasteiger charge is -2.27. The molecule has 2 aromatic carbocycles. The molecule has 0 aromatic heterocycles. The lowest BCUT2D eigenvalue weighted by atomic mass is 9.81. The number of rotatable bonds is 5. The van der Waals surface area contributed by atoms with E-state index < -0.39 is 0 Å². The molecule has 1 saturated carbocycles. The molecule has 4 nitrogen and oxygen atoms in total. The van der Waals surface area contributed by atoms with E-state index >= 15 is 0 Å².